The first kappa shape index (κ1) is 10.9. The Morgan fingerprint density at radius 1 is 1.36 bits per heavy atom. The van der Waals surface area contributed by atoms with Gasteiger partial charge in [0.2, 0.25) is 0 Å². The van der Waals surface area contributed by atoms with E-state index in [2.05, 4.69) is 26.1 Å². The van der Waals surface area contributed by atoms with Crippen LogP contribution in [0.1, 0.15) is 27.2 Å². The number of hydrogen-bond acceptors (Lipinski definition) is 2. The van der Waals surface area contributed by atoms with Gasteiger partial charge in [0.15, 0.2) is 0 Å². The molecule has 2 nitrogen and oxygen atoms in total. The predicted molar refractivity (Wildman–Crippen MR) is 48.8 cm³/mol. The fraction of sp³-hybridized carbons (Fsp3) is 1.00. The van der Waals surface area contributed by atoms with E-state index < -0.39 is 0 Å². The summed E-state index contributed by atoms with van der Waals surface area (Å²) in [6.45, 7) is 8.45. The van der Waals surface area contributed by atoms with Crippen molar-refractivity contribution in [1.82, 2.24) is 5.32 Å². The van der Waals surface area contributed by atoms with Gasteiger partial charge in [0.25, 0.3) is 0 Å². The van der Waals surface area contributed by atoms with Gasteiger partial charge in [-0.3, -0.25) is 0 Å². The SMILES string of the molecule is CCNC(COC)CC(C)C. The molecule has 0 aliphatic heterocycles. The topological polar surface area (TPSA) is 21.3 Å². The molecule has 1 atom stereocenters. The van der Waals surface area contributed by atoms with Crippen LogP contribution in [0.5, 0.6) is 0 Å². The maximum Gasteiger partial charge on any atom is 0.0615 e. The predicted octanol–water partition coefficient (Wildman–Crippen LogP) is 1.66. The fourth-order valence-electron chi connectivity index (χ4n) is 1.27. The molecule has 0 aromatic heterocycles. The van der Waals surface area contributed by atoms with Gasteiger partial charge in [-0.2, -0.15) is 0 Å². The molecule has 0 saturated carbocycles. The molecule has 1 N–H and O–H groups in total. The van der Waals surface area contributed by atoms with E-state index in [0.717, 1.165) is 19.1 Å². The van der Waals surface area contributed by atoms with Crippen molar-refractivity contribution >= 4 is 0 Å². The van der Waals surface area contributed by atoms with E-state index in [0.29, 0.717) is 6.04 Å². The van der Waals surface area contributed by atoms with Crippen molar-refractivity contribution in [2.75, 3.05) is 20.3 Å². The lowest BCUT2D eigenvalue weighted by Crippen LogP contribution is -2.34. The highest BCUT2D eigenvalue weighted by atomic mass is 16.5. The molecular weight excluding hydrogens is 138 g/mol. The minimum atomic E-state index is 0.532. The van der Waals surface area contributed by atoms with Crippen molar-refractivity contribution in [2.24, 2.45) is 5.92 Å². The Bertz CT molecular complexity index is 77.6. The normalized spacial score (nSPS) is 13.9. The average molecular weight is 159 g/mol. The summed E-state index contributed by atoms with van der Waals surface area (Å²) < 4.78 is 5.09. The molecule has 0 amide bonds. The molecular formula is C9H21NO. The summed E-state index contributed by atoms with van der Waals surface area (Å²) in [4.78, 5) is 0. The number of methoxy groups -OCH3 is 1. The van der Waals surface area contributed by atoms with Crippen molar-refractivity contribution in [1.29, 1.82) is 0 Å². The highest BCUT2D eigenvalue weighted by Gasteiger charge is 2.07. The van der Waals surface area contributed by atoms with Gasteiger partial charge in [-0.15, -0.1) is 0 Å². The summed E-state index contributed by atoms with van der Waals surface area (Å²) in [7, 11) is 1.75. The van der Waals surface area contributed by atoms with Crippen molar-refractivity contribution in [3.8, 4) is 0 Å². The van der Waals surface area contributed by atoms with Crippen molar-refractivity contribution in [2.45, 2.75) is 33.2 Å². The zero-order valence-electron chi connectivity index (χ0n) is 8.18. The van der Waals surface area contributed by atoms with E-state index in [1.54, 1.807) is 7.11 Å². The Balaban J connectivity index is 3.50. The Morgan fingerprint density at radius 2 is 2.00 bits per heavy atom. The van der Waals surface area contributed by atoms with E-state index in [1.165, 1.54) is 6.42 Å². The highest BCUT2D eigenvalue weighted by Crippen LogP contribution is 2.04. The monoisotopic (exact) mass is 159 g/mol. The van der Waals surface area contributed by atoms with Crippen molar-refractivity contribution in [3.63, 3.8) is 0 Å². The van der Waals surface area contributed by atoms with Gasteiger partial charge in [-0.1, -0.05) is 20.8 Å². The Kier molecular flexibility index (Phi) is 6.57. The molecule has 0 bridgehead atoms. The van der Waals surface area contributed by atoms with Crippen LogP contribution in [0.25, 0.3) is 0 Å². The lowest BCUT2D eigenvalue weighted by Gasteiger charge is -2.18. The Morgan fingerprint density at radius 3 is 2.36 bits per heavy atom. The number of ether oxygens (including phenoxy) is 1. The Labute approximate surface area is 70.3 Å². The first-order valence-corrected chi connectivity index (χ1v) is 4.43. The van der Waals surface area contributed by atoms with Crippen LogP contribution < -0.4 is 5.32 Å². The smallest absolute Gasteiger partial charge is 0.0615 e. The molecule has 0 saturated heterocycles. The van der Waals surface area contributed by atoms with Gasteiger partial charge in [0.05, 0.1) is 6.61 Å². The van der Waals surface area contributed by atoms with Crippen LogP contribution >= 0.6 is 0 Å². The van der Waals surface area contributed by atoms with Crippen LogP contribution in [0.2, 0.25) is 0 Å². The molecule has 0 aromatic rings. The summed E-state index contributed by atoms with van der Waals surface area (Å²) in [6, 6.07) is 0.532. The van der Waals surface area contributed by atoms with E-state index in [-0.39, 0.29) is 0 Å². The molecule has 0 aliphatic rings. The summed E-state index contributed by atoms with van der Waals surface area (Å²) in [5.74, 6) is 0.745. The average Bonchev–Trinajstić information content (AvgIpc) is 1.87. The second kappa shape index (κ2) is 6.62. The van der Waals surface area contributed by atoms with Crippen LogP contribution in [0.3, 0.4) is 0 Å². The van der Waals surface area contributed by atoms with Crippen molar-refractivity contribution in [3.05, 3.63) is 0 Å². The van der Waals surface area contributed by atoms with Crippen LogP contribution in [0.4, 0.5) is 0 Å². The first-order chi connectivity index (χ1) is 5.20. The third-order valence-electron chi connectivity index (χ3n) is 1.62. The number of rotatable bonds is 6. The van der Waals surface area contributed by atoms with Crippen LogP contribution in [-0.2, 0) is 4.74 Å². The molecule has 0 aliphatic carbocycles. The highest BCUT2D eigenvalue weighted by molar-refractivity contribution is 4.66. The third kappa shape index (κ3) is 6.32. The maximum atomic E-state index is 5.09. The minimum absolute atomic E-state index is 0.532. The molecule has 11 heavy (non-hydrogen) atoms. The molecule has 0 spiro atoms. The van der Waals surface area contributed by atoms with E-state index in [9.17, 15) is 0 Å². The molecule has 0 fully saturated rings. The van der Waals surface area contributed by atoms with E-state index in [1.807, 2.05) is 0 Å². The summed E-state index contributed by atoms with van der Waals surface area (Å²) >= 11 is 0. The Hall–Kier alpha value is -0.0800. The van der Waals surface area contributed by atoms with E-state index >= 15 is 0 Å². The zero-order valence-corrected chi connectivity index (χ0v) is 8.18. The molecule has 0 rings (SSSR count). The molecule has 1 unspecified atom stereocenters. The van der Waals surface area contributed by atoms with Gasteiger partial charge in [0, 0.05) is 13.2 Å². The van der Waals surface area contributed by atoms with Gasteiger partial charge in [-0.05, 0) is 18.9 Å². The van der Waals surface area contributed by atoms with Gasteiger partial charge in [0.1, 0.15) is 0 Å². The largest absolute Gasteiger partial charge is 0.383 e. The first-order valence-electron chi connectivity index (χ1n) is 4.43. The summed E-state index contributed by atoms with van der Waals surface area (Å²) in [5, 5.41) is 3.39. The van der Waals surface area contributed by atoms with Crippen LogP contribution in [0.15, 0.2) is 0 Å². The van der Waals surface area contributed by atoms with E-state index in [4.69, 9.17) is 4.74 Å². The lowest BCUT2D eigenvalue weighted by molar-refractivity contribution is 0.157. The van der Waals surface area contributed by atoms with Crippen LogP contribution in [-0.4, -0.2) is 26.3 Å². The second-order valence-electron chi connectivity index (χ2n) is 3.34. The maximum absolute atomic E-state index is 5.09. The van der Waals surface area contributed by atoms with Gasteiger partial charge >= 0.3 is 0 Å². The van der Waals surface area contributed by atoms with Gasteiger partial charge < -0.3 is 10.1 Å². The number of likely N-dealkylation sites (N-methyl/N-ethyl adjacent to an activating group) is 1. The quantitative estimate of drug-likeness (QED) is 0.636. The summed E-state index contributed by atoms with van der Waals surface area (Å²) in [5.41, 5.74) is 0. The lowest BCUT2D eigenvalue weighted by atomic mass is 10.0. The number of nitrogens with one attached hydrogen (secondary N) is 1. The summed E-state index contributed by atoms with van der Waals surface area (Å²) in [6.07, 6.45) is 1.20. The van der Waals surface area contributed by atoms with Crippen LogP contribution in [0, 0.1) is 5.92 Å². The third-order valence-corrected chi connectivity index (χ3v) is 1.62. The molecule has 0 aromatic carbocycles. The molecule has 0 heterocycles. The molecule has 0 radical (unpaired) electrons. The van der Waals surface area contributed by atoms with Gasteiger partial charge in [-0.25, -0.2) is 0 Å². The van der Waals surface area contributed by atoms with Crippen molar-refractivity contribution < 1.29 is 4.74 Å². The second-order valence-corrected chi connectivity index (χ2v) is 3.34. The number of hydrogen-bond donors (Lipinski definition) is 1. The zero-order chi connectivity index (χ0) is 8.69. The molecule has 68 valence electrons. The standard InChI is InChI=1S/C9H21NO/c1-5-10-9(7-11-4)6-8(2)3/h8-10H,5-7H2,1-4H3. The molecule has 2 heteroatoms. The minimum Gasteiger partial charge on any atom is -0.383 e. The fourth-order valence-corrected chi connectivity index (χ4v) is 1.27.